The third kappa shape index (κ3) is 5.23. The maximum Gasteiger partial charge on any atom is 0.416 e. The Hall–Kier alpha value is -4.29. The van der Waals surface area contributed by atoms with E-state index in [1.54, 1.807) is 44.3 Å². The Labute approximate surface area is 233 Å². The van der Waals surface area contributed by atoms with Crippen molar-refractivity contribution in [3.8, 4) is 11.1 Å². The Balaban J connectivity index is 1.49. The lowest BCUT2D eigenvalue weighted by Crippen LogP contribution is -2.52. The third-order valence-electron chi connectivity index (χ3n) is 7.26. The molecule has 1 aliphatic rings. The Bertz CT molecular complexity index is 1660. The first-order chi connectivity index (χ1) is 19.5. The average Bonchev–Trinajstić information content (AvgIpc) is 3.34. The number of amides is 1. The number of hydrogen-bond acceptors (Lipinski definition) is 3. The minimum atomic E-state index is -5.12. The van der Waals surface area contributed by atoms with Gasteiger partial charge in [-0.3, -0.25) is 5.32 Å². The van der Waals surface area contributed by atoms with E-state index in [1.165, 1.54) is 6.92 Å². The average molecular weight is 598 g/mol. The minimum Gasteiger partial charge on any atom is -0.443 e. The molecule has 222 valence electrons. The van der Waals surface area contributed by atoms with Crippen molar-refractivity contribution in [2.75, 3.05) is 10.6 Å². The maximum atomic E-state index is 16.1. The van der Waals surface area contributed by atoms with Gasteiger partial charge in [0.15, 0.2) is 0 Å². The van der Waals surface area contributed by atoms with Gasteiger partial charge in [0, 0.05) is 34.6 Å². The maximum absolute atomic E-state index is 16.1. The zero-order valence-electron chi connectivity index (χ0n) is 22.2. The molecule has 3 N–H and O–H groups in total. The first-order valence-electron chi connectivity index (χ1n) is 12.6. The lowest BCUT2D eigenvalue weighted by Gasteiger charge is -2.44. The molecule has 5 nitrogen and oxygen atoms in total. The van der Waals surface area contributed by atoms with Crippen molar-refractivity contribution in [2.45, 2.75) is 50.7 Å². The molecule has 0 bridgehead atoms. The van der Waals surface area contributed by atoms with Crippen LogP contribution < -0.4 is 10.6 Å². The van der Waals surface area contributed by atoms with Gasteiger partial charge < -0.3 is 15.0 Å². The summed E-state index contributed by atoms with van der Waals surface area (Å²) in [6, 6.07) is 8.43. The Kier molecular flexibility index (Phi) is 6.90. The van der Waals surface area contributed by atoms with Gasteiger partial charge >= 0.3 is 18.4 Å². The molecule has 13 heteroatoms. The van der Waals surface area contributed by atoms with Gasteiger partial charge in [-0.25, -0.2) is 13.6 Å². The van der Waals surface area contributed by atoms with Crippen LogP contribution in [0.3, 0.4) is 0 Å². The Morgan fingerprint density at radius 3 is 2.21 bits per heavy atom. The van der Waals surface area contributed by atoms with Crippen molar-refractivity contribution in [1.82, 2.24) is 4.98 Å². The summed E-state index contributed by atoms with van der Waals surface area (Å²) in [4.78, 5) is 15.8. The largest absolute Gasteiger partial charge is 0.443 e. The van der Waals surface area contributed by atoms with Gasteiger partial charge in [0.05, 0.1) is 27.7 Å². The van der Waals surface area contributed by atoms with E-state index in [0.717, 1.165) is 11.5 Å². The van der Waals surface area contributed by atoms with Crippen LogP contribution in [0.1, 0.15) is 43.4 Å². The van der Waals surface area contributed by atoms with E-state index in [4.69, 9.17) is 4.74 Å². The Morgan fingerprint density at radius 2 is 1.60 bits per heavy atom. The van der Waals surface area contributed by atoms with Crippen molar-refractivity contribution in [1.29, 1.82) is 0 Å². The van der Waals surface area contributed by atoms with Crippen molar-refractivity contribution in [3.63, 3.8) is 0 Å². The zero-order chi connectivity index (χ0) is 30.8. The molecular weight excluding hydrogens is 574 g/mol. The van der Waals surface area contributed by atoms with Gasteiger partial charge in [-0.15, -0.1) is 0 Å². The molecular formula is C29H23F8N3O2. The van der Waals surface area contributed by atoms with Crippen molar-refractivity contribution < 1.29 is 44.7 Å². The number of anilines is 2. The fourth-order valence-corrected chi connectivity index (χ4v) is 5.46. The summed E-state index contributed by atoms with van der Waals surface area (Å²) in [6.45, 7) is 4.66. The fourth-order valence-electron chi connectivity index (χ4n) is 5.46. The minimum absolute atomic E-state index is 0.00879. The number of fused-ring (bicyclic) bond motifs is 2. The van der Waals surface area contributed by atoms with Crippen LogP contribution in [0.15, 0.2) is 54.7 Å². The molecule has 0 aliphatic carbocycles. The summed E-state index contributed by atoms with van der Waals surface area (Å²) >= 11 is 0. The Morgan fingerprint density at radius 1 is 0.952 bits per heavy atom. The summed E-state index contributed by atoms with van der Waals surface area (Å²) in [5.41, 5.74) is -4.66. The van der Waals surface area contributed by atoms with E-state index in [9.17, 15) is 31.1 Å². The molecule has 0 saturated carbocycles. The highest BCUT2D eigenvalue weighted by atomic mass is 19.4. The number of alkyl halides is 6. The van der Waals surface area contributed by atoms with Crippen LogP contribution in [-0.4, -0.2) is 22.7 Å². The van der Waals surface area contributed by atoms with Crippen LogP contribution >= 0.6 is 0 Å². The number of para-hydroxylation sites is 1. The van der Waals surface area contributed by atoms with Crippen LogP contribution in [0.2, 0.25) is 0 Å². The summed E-state index contributed by atoms with van der Waals surface area (Å²) in [5.74, 6) is -2.67. The van der Waals surface area contributed by atoms with Crippen LogP contribution in [0.25, 0.3) is 22.0 Å². The molecule has 3 aromatic carbocycles. The first-order valence-corrected chi connectivity index (χ1v) is 12.6. The SMILES string of the molecule is C[C@H]1c2c(cc(F)c(-c3cccc4cc[nH]c34)c2F)NC(C)(C)C1OC(=O)Nc1cc(C(F)(F)F)cc(C(F)(F)F)c1. The number of H-pyrrole nitrogens is 1. The van der Waals surface area contributed by atoms with E-state index in [1.807, 2.05) is 5.32 Å². The zero-order valence-corrected chi connectivity index (χ0v) is 22.2. The van der Waals surface area contributed by atoms with Crippen LogP contribution in [0.5, 0.6) is 0 Å². The molecule has 2 atom stereocenters. The fraction of sp³-hybridized carbons (Fsp3) is 0.276. The number of halogens is 8. The number of hydrogen-bond donors (Lipinski definition) is 3. The second kappa shape index (κ2) is 9.92. The van der Waals surface area contributed by atoms with Gasteiger partial charge in [-0.1, -0.05) is 25.1 Å². The number of nitrogens with one attached hydrogen (secondary N) is 3. The molecule has 0 fully saturated rings. The highest BCUT2D eigenvalue weighted by molar-refractivity contribution is 5.95. The molecule has 1 aromatic heterocycles. The molecule has 0 spiro atoms. The normalized spacial score (nSPS) is 18.4. The highest BCUT2D eigenvalue weighted by Gasteiger charge is 2.45. The van der Waals surface area contributed by atoms with Gasteiger partial charge in [-0.05, 0) is 49.6 Å². The van der Waals surface area contributed by atoms with Crippen LogP contribution in [-0.2, 0) is 17.1 Å². The number of carbonyl (C=O) groups is 1. The summed E-state index contributed by atoms with van der Waals surface area (Å²) in [6.07, 6.45) is -11.2. The van der Waals surface area contributed by atoms with Gasteiger partial charge in [0.2, 0.25) is 0 Å². The van der Waals surface area contributed by atoms with Crippen molar-refractivity contribution >= 4 is 28.4 Å². The topological polar surface area (TPSA) is 66.1 Å². The number of aromatic nitrogens is 1. The summed E-state index contributed by atoms with van der Waals surface area (Å²) in [5, 5.41) is 5.59. The van der Waals surface area contributed by atoms with Gasteiger partial charge in [0.25, 0.3) is 0 Å². The lowest BCUT2D eigenvalue weighted by molar-refractivity contribution is -0.143. The van der Waals surface area contributed by atoms with E-state index >= 15 is 8.78 Å². The van der Waals surface area contributed by atoms with E-state index in [0.29, 0.717) is 17.6 Å². The quantitative estimate of drug-likeness (QED) is 0.207. The molecule has 5 rings (SSSR count). The monoisotopic (exact) mass is 597 g/mol. The summed E-state index contributed by atoms with van der Waals surface area (Å²) < 4.78 is 116. The summed E-state index contributed by atoms with van der Waals surface area (Å²) in [7, 11) is 0. The molecule has 2 heterocycles. The predicted octanol–water partition coefficient (Wildman–Crippen LogP) is 9.08. The number of benzene rings is 3. The molecule has 1 amide bonds. The van der Waals surface area contributed by atoms with Crippen molar-refractivity contribution in [2.24, 2.45) is 0 Å². The highest BCUT2D eigenvalue weighted by Crippen LogP contribution is 2.46. The molecule has 4 aromatic rings. The molecule has 0 radical (unpaired) electrons. The standard InChI is InChI=1S/C29H23F8N3O2/c1-13-21-20(12-19(30)22(23(21)31)18-6-4-5-14-7-8-38-24(14)18)40-27(2,3)25(13)42-26(41)39-17-10-15(28(32,33)34)9-16(11-17)29(35,36)37/h4-13,25,38,40H,1-3H3,(H,39,41)/t13-,25?/m0/s1. The van der Waals surface area contributed by atoms with Crippen molar-refractivity contribution in [3.05, 3.63) is 83.1 Å². The molecule has 1 unspecified atom stereocenters. The number of carbonyl (C=O) groups excluding carboxylic acids is 1. The van der Waals surface area contributed by atoms with Gasteiger partial charge in [-0.2, -0.15) is 26.3 Å². The number of rotatable bonds is 3. The van der Waals surface area contributed by atoms with Crippen LogP contribution in [0, 0.1) is 11.6 Å². The molecule has 42 heavy (non-hydrogen) atoms. The second-order valence-electron chi connectivity index (χ2n) is 10.6. The van der Waals surface area contributed by atoms with E-state index < -0.39 is 64.5 Å². The molecule has 1 aliphatic heterocycles. The van der Waals surface area contributed by atoms with E-state index in [2.05, 4.69) is 10.3 Å². The first kappa shape index (κ1) is 29.2. The molecule has 0 saturated heterocycles. The number of ether oxygens (including phenoxy) is 1. The van der Waals surface area contributed by atoms with Crippen LogP contribution in [0.4, 0.5) is 51.3 Å². The second-order valence-corrected chi connectivity index (χ2v) is 10.6. The smallest absolute Gasteiger partial charge is 0.416 e. The third-order valence-corrected chi connectivity index (χ3v) is 7.26. The predicted molar refractivity (Wildman–Crippen MR) is 140 cm³/mol. The van der Waals surface area contributed by atoms with E-state index in [-0.39, 0.29) is 28.4 Å². The van der Waals surface area contributed by atoms with Gasteiger partial charge in [0.1, 0.15) is 17.7 Å². The number of aromatic amines is 1. The lowest BCUT2D eigenvalue weighted by atomic mass is 9.77.